The number of pyridine rings is 1. The molecule has 1 aromatic carbocycles. The van der Waals surface area contributed by atoms with Crippen LogP contribution in [0.15, 0.2) is 66.0 Å². The van der Waals surface area contributed by atoms with Crippen LogP contribution in [-0.2, 0) is 21.9 Å². The maximum Gasteiger partial charge on any atom is 0.269 e. The Balaban J connectivity index is 1.73. The predicted molar refractivity (Wildman–Crippen MR) is 121 cm³/mol. The van der Waals surface area contributed by atoms with Gasteiger partial charge in [-0.1, -0.05) is 18.2 Å². The number of piperazine rings is 1. The van der Waals surface area contributed by atoms with E-state index in [1.807, 2.05) is 12.1 Å². The van der Waals surface area contributed by atoms with Gasteiger partial charge < -0.3 is 9.80 Å². The fourth-order valence-corrected chi connectivity index (χ4v) is 5.60. The van der Waals surface area contributed by atoms with Gasteiger partial charge in [-0.2, -0.15) is 5.10 Å². The molecular formula is C22H22N6O3S. The maximum atomic E-state index is 13.7. The standard InChI is InChI=1S/C22H22N6O3S/c1-25-15-17(14-24-25)21-13-19-20(27-11-9-26(16-29)10-12-27)7-8-23-22(19)28(21)32(30,31)18-5-3-2-4-6-18/h2-8,13-16H,9-12H2,1H3. The van der Waals surface area contributed by atoms with E-state index < -0.39 is 10.0 Å². The summed E-state index contributed by atoms with van der Waals surface area (Å²) in [6.45, 7) is 2.56. The number of hydrogen-bond donors (Lipinski definition) is 0. The number of aryl methyl sites for hydroxylation is 1. The van der Waals surface area contributed by atoms with E-state index >= 15 is 0 Å². The van der Waals surface area contributed by atoms with E-state index in [9.17, 15) is 13.2 Å². The minimum atomic E-state index is -3.91. The molecule has 9 nitrogen and oxygen atoms in total. The number of rotatable bonds is 5. The number of benzene rings is 1. The second-order valence-corrected chi connectivity index (χ2v) is 9.50. The van der Waals surface area contributed by atoms with Gasteiger partial charge in [-0.15, -0.1) is 0 Å². The Labute approximate surface area is 185 Å². The van der Waals surface area contributed by atoms with Crippen molar-refractivity contribution in [3.8, 4) is 11.3 Å². The summed E-state index contributed by atoms with van der Waals surface area (Å²) in [5.74, 6) is 0. The lowest BCUT2D eigenvalue weighted by molar-refractivity contribution is -0.118. The number of anilines is 1. The summed E-state index contributed by atoms with van der Waals surface area (Å²) < 4.78 is 30.4. The van der Waals surface area contributed by atoms with Crippen molar-refractivity contribution in [3.63, 3.8) is 0 Å². The molecule has 0 N–H and O–H groups in total. The van der Waals surface area contributed by atoms with E-state index in [0.29, 0.717) is 43.1 Å². The zero-order valence-corrected chi connectivity index (χ0v) is 18.3. The molecule has 10 heteroatoms. The molecular weight excluding hydrogens is 428 g/mol. The molecule has 1 aliphatic heterocycles. The first-order valence-electron chi connectivity index (χ1n) is 10.2. The monoisotopic (exact) mass is 450 g/mol. The normalized spacial score (nSPS) is 14.8. The van der Waals surface area contributed by atoms with Crippen molar-refractivity contribution in [3.05, 3.63) is 61.1 Å². The average molecular weight is 451 g/mol. The first kappa shape index (κ1) is 20.3. The van der Waals surface area contributed by atoms with Gasteiger partial charge in [0.15, 0.2) is 5.65 Å². The Kier molecular flexibility index (Phi) is 4.93. The molecule has 32 heavy (non-hydrogen) atoms. The van der Waals surface area contributed by atoms with Crippen LogP contribution < -0.4 is 4.90 Å². The fraction of sp³-hybridized carbons (Fsp3) is 0.227. The Bertz CT molecular complexity index is 1390. The third-order valence-corrected chi connectivity index (χ3v) is 7.44. The van der Waals surface area contributed by atoms with Crippen molar-refractivity contribution in [2.24, 2.45) is 7.05 Å². The number of hydrogen-bond acceptors (Lipinski definition) is 6. The smallest absolute Gasteiger partial charge is 0.269 e. The molecule has 4 heterocycles. The Morgan fingerprint density at radius 2 is 1.78 bits per heavy atom. The van der Waals surface area contributed by atoms with Crippen molar-refractivity contribution in [1.82, 2.24) is 23.6 Å². The van der Waals surface area contributed by atoms with Gasteiger partial charge in [0.2, 0.25) is 6.41 Å². The van der Waals surface area contributed by atoms with Crippen molar-refractivity contribution < 1.29 is 13.2 Å². The Hall–Kier alpha value is -3.66. The van der Waals surface area contributed by atoms with E-state index in [0.717, 1.165) is 17.5 Å². The van der Waals surface area contributed by atoms with Crippen LogP contribution in [0.4, 0.5) is 5.69 Å². The number of aromatic nitrogens is 4. The summed E-state index contributed by atoms with van der Waals surface area (Å²) in [4.78, 5) is 19.7. The highest BCUT2D eigenvalue weighted by Crippen LogP contribution is 2.36. The molecule has 4 aromatic rings. The second-order valence-electron chi connectivity index (χ2n) is 7.71. The SMILES string of the molecule is Cn1cc(-c2cc3c(N4CCN(C=O)CC4)ccnc3n2S(=O)(=O)c2ccccc2)cn1. The van der Waals surface area contributed by atoms with E-state index in [4.69, 9.17) is 0 Å². The molecule has 1 aliphatic rings. The molecule has 3 aromatic heterocycles. The molecule has 0 radical (unpaired) electrons. The first-order valence-corrected chi connectivity index (χ1v) is 11.7. The summed E-state index contributed by atoms with van der Waals surface area (Å²) >= 11 is 0. The van der Waals surface area contributed by atoms with Crippen LogP contribution in [0.2, 0.25) is 0 Å². The minimum absolute atomic E-state index is 0.189. The van der Waals surface area contributed by atoms with Crippen LogP contribution >= 0.6 is 0 Å². The van der Waals surface area contributed by atoms with Gasteiger partial charge in [0, 0.05) is 62.3 Å². The lowest BCUT2D eigenvalue weighted by Crippen LogP contribution is -2.45. The van der Waals surface area contributed by atoms with Crippen LogP contribution in [0.5, 0.6) is 0 Å². The largest absolute Gasteiger partial charge is 0.367 e. The average Bonchev–Trinajstić information content (AvgIpc) is 3.43. The van der Waals surface area contributed by atoms with Gasteiger partial charge in [0.25, 0.3) is 10.0 Å². The van der Waals surface area contributed by atoms with Crippen LogP contribution in [0.25, 0.3) is 22.3 Å². The number of carbonyl (C=O) groups is 1. The lowest BCUT2D eigenvalue weighted by Gasteiger charge is -2.34. The predicted octanol–water partition coefficient (Wildman–Crippen LogP) is 1.95. The molecule has 164 valence electrons. The van der Waals surface area contributed by atoms with E-state index in [1.165, 1.54) is 3.97 Å². The molecule has 1 saturated heterocycles. The Morgan fingerprint density at radius 3 is 2.44 bits per heavy atom. The lowest BCUT2D eigenvalue weighted by atomic mass is 10.2. The van der Waals surface area contributed by atoms with Crippen molar-refractivity contribution in [1.29, 1.82) is 0 Å². The number of carbonyl (C=O) groups excluding carboxylic acids is 1. The van der Waals surface area contributed by atoms with Crippen LogP contribution in [0.1, 0.15) is 0 Å². The number of nitrogens with zero attached hydrogens (tertiary/aromatic N) is 6. The van der Waals surface area contributed by atoms with Crippen molar-refractivity contribution in [2.75, 3.05) is 31.1 Å². The Morgan fingerprint density at radius 1 is 1.03 bits per heavy atom. The summed E-state index contributed by atoms with van der Waals surface area (Å²) in [5.41, 5.74) is 2.45. The van der Waals surface area contributed by atoms with Crippen LogP contribution in [-0.4, -0.2) is 64.6 Å². The molecule has 0 unspecified atom stereocenters. The zero-order valence-electron chi connectivity index (χ0n) is 17.5. The second kappa shape index (κ2) is 7.79. The molecule has 0 saturated carbocycles. The topological polar surface area (TPSA) is 93.3 Å². The summed E-state index contributed by atoms with van der Waals surface area (Å²) in [6.07, 6.45) is 5.93. The first-order chi connectivity index (χ1) is 15.5. The van der Waals surface area contributed by atoms with Gasteiger partial charge in [-0.3, -0.25) is 9.48 Å². The number of amides is 1. The van der Waals surface area contributed by atoms with Gasteiger partial charge >= 0.3 is 0 Å². The highest BCUT2D eigenvalue weighted by Gasteiger charge is 2.27. The third kappa shape index (κ3) is 3.32. The molecule has 1 amide bonds. The van der Waals surface area contributed by atoms with Crippen LogP contribution in [0, 0.1) is 0 Å². The molecule has 0 aliphatic carbocycles. The van der Waals surface area contributed by atoms with Gasteiger partial charge in [-0.05, 0) is 24.3 Å². The maximum absolute atomic E-state index is 13.7. The highest BCUT2D eigenvalue weighted by atomic mass is 32.2. The van der Waals surface area contributed by atoms with Gasteiger partial charge in [-0.25, -0.2) is 17.4 Å². The molecule has 1 fully saturated rings. The highest BCUT2D eigenvalue weighted by molar-refractivity contribution is 7.90. The van der Waals surface area contributed by atoms with Gasteiger partial charge in [0.05, 0.1) is 16.8 Å². The van der Waals surface area contributed by atoms with Crippen molar-refractivity contribution in [2.45, 2.75) is 4.90 Å². The summed E-state index contributed by atoms with van der Waals surface area (Å²) in [7, 11) is -2.12. The summed E-state index contributed by atoms with van der Waals surface area (Å²) in [6, 6.07) is 12.1. The fourth-order valence-electron chi connectivity index (χ4n) is 4.10. The zero-order chi connectivity index (χ0) is 22.3. The quantitative estimate of drug-likeness (QED) is 0.432. The van der Waals surface area contributed by atoms with E-state index in [2.05, 4.69) is 15.0 Å². The van der Waals surface area contributed by atoms with Crippen LogP contribution in [0.3, 0.4) is 0 Å². The van der Waals surface area contributed by atoms with Crippen molar-refractivity contribution >= 4 is 33.2 Å². The molecule has 5 rings (SSSR count). The third-order valence-electron chi connectivity index (χ3n) is 5.72. The van der Waals surface area contributed by atoms with E-state index in [1.54, 1.807) is 65.6 Å². The van der Waals surface area contributed by atoms with Gasteiger partial charge in [0.1, 0.15) is 0 Å². The molecule has 0 bridgehead atoms. The summed E-state index contributed by atoms with van der Waals surface area (Å²) in [5, 5.41) is 4.97. The molecule has 0 atom stereocenters. The minimum Gasteiger partial charge on any atom is -0.367 e. The number of fused-ring (bicyclic) bond motifs is 1. The molecule has 0 spiro atoms. The van der Waals surface area contributed by atoms with E-state index in [-0.39, 0.29) is 4.90 Å².